The van der Waals surface area contributed by atoms with E-state index in [9.17, 15) is 13.6 Å². The average Bonchev–Trinajstić information content (AvgIpc) is 3.05. The van der Waals surface area contributed by atoms with Crippen LogP contribution >= 0.6 is 0 Å². The molecule has 4 rings (SSSR count). The molecule has 1 aliphatic rings. The second-order valence-corrected chi connectivity index (χ2v) is 6.26. The maximum atomic E-state index is 12.7. The van der Waals surface area contributed by atoms with Crippen molar-refractivity contribution in [1.82, 2.24) is 9.97 Å². The predicted octanol–water partition coefficient (Wildman–Crippen LogP) is 4.63. The normalized spacial score (nSPS) is 13.9. The number of nitrogens with zero attached hydrogens (tertiary/aromatic N) is 1. The Morgan fingerprint density at radius 1 is 1.16 bits per heavy atom. The molecule has 25 heavy (non-hydrogen) atoms. The fourth-order valence-electron chi connectivity index (χ4n) is 3.37. The maximum absolute atomic E-state index is 12.7. The monoisotopic (exact) mass is 341 g/mol. The van der Waals surface area contributed by atoms with Crippen LogP contribution in [0.5, 0.6) is 0 Å². The summed E-state index contributed by atoms with van der Waals surface area (Å²) in [5.41, 5.74) is 4.58. The zero-order valence-corrected chi connectivity index (χ0v) is 13.5. The summed E-state index contributed by atoms with van der Waals surface area (Å²) in [4.78, 5) is 19.0. The van der Waals surface area contributed by atoms with E-state index in [-0.39, 0.29) is 11.7 Å². The summed E-state index contributed by atoms with van der Waals surface area (Å²) in [7, 11) is 0. The molecule has 2 N–H and O–H groups in total. The molecule has 6 heteroatoms. The first kappa shape index (κ1) is 15.7. The number of benzene rings is 2. The zero-order valence-electron chi connectivity index (χ0n) is 13.5. The van der Waals surface area contributed by atoms with Crippen LogP contribution in [0.4, 0.5) is 14.5 Å². The first-order chi connectivity index (χ1) is 12.1. The smallest absolute Gasteiger partial charge is 0.295 e. The molecule has 0 fully saturated rings. The third kappa shape index (κ3) is 2.99. The van der Waals surface area contributed by atoms with E-state index >= 15 is 0 Å². The standard InChI is InChI=1S/C19H17F2N3O/c20-17(21)18-22-15-9-8-12(10-16(15)23-18)19(25)24-14-7-3-5-11-4-1-2-6-13(11)14/h3,5,7-10,17H,1-2,4,6H2,(H,22,23)(H,24,25). The molecule has 0 atom stereocenters. The van der Waals surface area contributed by atoms with Gasteiger partial charge in [-0.2, -0.15) is 0 Å². The van der Waals surface area contributed by atoms with Crippen molar-refractivity contribution < 1.29 is 13.6 Å². The van der Waals surface area contributed by atoms with Gasteiger partial charge in [-0.1, -0.05) is 12.1 Å². The number of imidazole rings is 1. The summed E-state index contributed by atoms with van der Waals surface area (Å²) < 4.78 is 25.5. The minimum absolute atomic E-state index is 0.255. The van der Waals surface area contributed by atoms with Crippen molar-refractivity contribution >= 4 is 22.6 Å². The van der Waals surface area contributed by atoms with Crippen LogP contribution in [0.2, 0.25) is 0 Å². The molecule has 0 saturated carbocycles. The first-order valence-corrected chi connectivity index (χ1v) is 8.32. The summed E-state index contributed by atoms with van der Waals surface area (Å²) in [6, 6.07) is 10.7. The van der Waals surface area contributed by atoms with Crippen LogP contribution in [-0.4, -0.2) is 15.9 Å². The van der Waals surface area contributed by atoms with Crippen molar-refractivity contribution in [3.63, 3.8) is 0 Å². The predicted molar refractivity (Wildman–Crippen MR) is 92.1 cm³/mol. The van der Waals surface area contributed by atoms with Gasteiger partial charge in [0.05, 0.1) is 11.0 Å². The lowest BCUT2D eigenvalue weighted by Crippen LogP contribution is -2.15. The highest BCUT2D eigenvalue weighted by Gasteiger charge is 2.17. The average molecular weight is 341 g/mol. The van der Waals surface area contributed by atoms with Gasteiger partial charge in [0.2, 0.25) is 0 Å². The lowest BCUT2D eigenvalue weighted by molar-refractivity contribution is 0.102. The van der Waals surface area contributed by atoms with Gasteiger partial charge in [0.25, 0.3) is 12.3 Å². The molecular weight excluding hydrogens is 324 g/mol. The van der Waals surface area contributed by atoms with E-state index in [4.69, 9.17) is 0 Å². The largest absolute Gasteiger partial charge is 0.337 e. The van der Waals surface area contributed by atoms with Gasteiger partial charge in [-0.05, 0) is 61.1 Å². The van der Waals surface area contributed by atoms with E-state index < -0.39 is 6.43 Å². The molecule has 3 aromatic rings. The summed E-state index contributed by atoms with van der Waals surface area (Å²) in [6.45, 7) is 0. The summed E-state index contributed by atoms with van der Waals surface area (Å²) in [5, 5.41) is 2.96. The van der Waals surface area contributed by atoms with Crippen LogP contribution in [0.3, 0.4) is 0 Å². The van der Waals surface area contributed by atoms with Crippen molar-refractivity contribution in [3.05, 3.63) is 58.9 Å². The number of aromatic nitrogens is 2. The third-order valence-electron chi connectivity index (χ3n) is 4.61. The maximum Gasteiger partial charge on any atom is 0.295 e. The first-order valence-electron chi connectivity index (χ1n) is 8.32. The number of aryl methyl sites for hydroxylation is 1. The third-order valence-corrected chi connectivity index (χ3v) is 4.61. The summed E-state index contributed by atoms with van der Waals surface area (Å²) in [5.74, 6) is -0.640. The van der Waals surface area contributed by atoms with Crippen LogP contribution in [0.1, 0.15) is 46.6 Å². The number of fused-ring (bicyclic) bond motifs is 2. The second kappa shape index (κ2) is 6.27. The van der Waals surface area contributed by atoms with Gasteiger partial charge in [-0.15, -0.1) is 0 Å². The molecule has 0 saturated heterocycles. The second-order valence-electron chi connectivity index (χ2n) is 6.26. The van der Waals surface area contributed by atoms with Gasteiger partial charge in [0.1, 0.15) is 0 Å². The summed E-state index contributed by atoms with van der Waals surface area (Å²) >= 11 is 0. The van der Waals surface area contributed by atoms with Gasteiger partial charge in [0.15, 0.2) is 5.82 Å². The fraction of sp³-hybridized carbons (Fsp3) is 0.263. The van der Waals surface area contributed by atoms with Crippen LogP contribution in [0, 0.1) is 0 Å². The van der Waals surface area contributed by atoms with E-state index in [1.807, 2.05) is 12.1 Å². The number of carbonyl (C=O) groups excluding carboxylic acids is 1. The number of nitrogens with one attached hydrogen (secondary N) is 2. The molecule has 0 aliphatic heterocycles. The minimum Gasteiger partial charge on any atom is -0.337 e. The SMILES string of the molecule is O=C(Nc1cccc2c1CCCC2)c1ccc2nc(C(F)F)[nH]c2c1. The molecule has 0 spiro atoms. The van der Waals surface area contributed by atoms with Gasteiger partial charge in [-0.3, -0.25) is 4.79 Å². The van der Waals surface area contributed by atoms with Crippen LogP contribution in [-0.2, 0) is 12.8 Å². The van der Waals surface area contributed by atoms with Crippen molar-refractivity contribution in [1.29, 1.82) is 0 Å². The Bertz CT molecular complexity index is 949. The molecule has 1 heterocycles. The number of halogens is 2. The Morgan fingerprint density at radius 3 is 2.84 bits per heavy atom. The Morgan fingerprint density at radius 2 is 2.00 bits per heavy atom. The van der Waals surface area contributed by atoms with Crippen LogP contribution in [0.25, 0.3) is 11.0 Å². The zero-order chi connectivity index (χ0) is 17.4. The van der Waals surface area contributed by atoms with E-state index in [2.05, 4.69) is 21.4 Å². The van der Waals surface area contributed by atoms with Gasteiger partial charge in [0, 0.05) is 11.3 Å². The number of alkyl halides is 2. The number of rotatable bonds is 3. The Balaban J connectivity index is 1.62. The number of hydrogen-bond donors (Lipinski definition) is 2. The number of H-pyrrole nitrogens is 1. The molecule has 128 valence electrons. The van der Waals surface area contributed by atoms with E-state index in [1.165, 1.54) is 17.5 Å². The lowest BCUT2D eigenvalue weighted by Gasteiger charge is -2.19. The number of amides is 1. The topological polar surface area (TPSA) is 57.8 Å². The number of hydrogen-bond acceptors (Lipinski definition) is 2. The Hall–Kier alpha value is -2.76. The quantitative estimate of drug-likeness (QED) is 0.729. The molecule has 1 aromatic heterocycles. The molecule has 0 unspecified atom stereocenters. The Labute approximate surface area is 143 Å². The fourth-order valence-corrected chi connectivity index (χ4v) is 3.37. The van der Waals surface area contributed by atoms with Gasteiger partial charge in [-0.25, -0.2) is 13.8 Å². The molecule has 1 amide bonds. The lowest BCUT2D eigenvalue weighted by atomic mass is 9.90. The van der Waals surface area contributed by atoms with Crippen molar-refractivity contribution in [3.8, 4) is 0 Å². The van der Waals surface area contributed by atoms with Crippen LogP contribution in [0.15, 0.2) is 36.4 Å². The van der Waals surface area contributed by atoms with Crippen molar-refractivity contribution in [2.75, 3.05) is 5.32 Å². The molecule has 2 aromatic carbocycles. The van der Waals surface area contributed by atoms with Gasteiger partial charge < -0.3 is 10.3 Å². The van der Waals surface area contributed by atoms with Crippen molar-refractivity contribution in [2.45, 2.75) is 32.1 Å². The Kier molecular flexibility index (Phi) is 3.95. The van der Waals surface area contributed by atoms with Crippen molar-refractivity contribution in [2.24, 2.45) is 0 Å². The highest BCUT2D eigenvalue weighted by molar-refractivity contribution is 6.06. The molecular formula is C19H17F2N3O. The van der Waals surface area contributed by atoms with E-state index in [0.717, 1.165) is 24.9 Å². The van der Waals surface area contributed by atoms with E-state index in [0.29, 0.717) is 16.6 Å². The molecule has 0 radical (unpaired) electrons. The van der Waals surface area contributed by atoms with Gasteiger partial charge >= 0.3 is 0 Å². The van der Waals surface area contributed by atoms with E-state index in [1.54, 1.807) is 18.2 Å². The summed E-state index contributed by atoms with van der Waals surface area (Å²) in [6.07, 6.45) is 1.63. The number of carbonyl (C=O) groups is 1. The van der Waals surface area contributed by atoms with Crippen LogP contribution < -0.4 is 5.32 Å². The number of anilines is 1. The molecule has 0 bridgehead atoms. The molecule has 1 aliphatic carbocycles. The minimum atomic E-state index is -2.67. The molecule has 4 nitrogen and oxygen atoms in total. The highest BCUT2D eigenvalue weighted by Crippen LogP contribution is 2.28. The highest BCUT2D eigenvalue weighted by atomic mass is 19.3. The number of aromatic amines is 1.